The van der Waals surface area contributed by atoms with Crippen molar-refractivity contribution in [1.82, 2.24) is 4.31 Å². The quantitative estimate of drug-likeness (QED) is 0.802. The van der Waals surface area contributed by atoms with Crippen LogP contribution in [0, 0.1) is 0 Å². The summed E-state index contributed by atoms with van der Waals surface area (Å²) in [5, 5.41) is 4.94. The smallest absolute Gasteiger partial charge is 0.225 e. The van der Waals surface area contributed by atoms with Crippen molar-refractivity contribution in [3.05, 3.63) is 24.3 Å². The van der Waals surface area contributed by atoms with Gasteiger partial charge in [-0.2, -0.15) is 0 Å². The van der Waals surface area contributed by atoms with Gasteiger partial charge in [-0.15, -0.1) is 0 Å². The standard InChI is InChI=1S/C8H12N2O4S2/c1-10(2)16(13,14)8-6-4-3-5-7(8)15(9,11)12/h3-6H,1-2H3,(H2,9,11,12). The summed E-state index contributed by atoms with van der Waals surface area (Å²) in [5.74, 6) is 0. The van der Waals surface area contributed by atoms with Gasteiger partial charge in [0.05, 0.1) is 0 Å². The topological polar surface area (TPSA) is 97.5 Å². The fourth-order valence-electron chi connectivity index (χ4n) is 1.10. The minimum Gasteiger partial charge on any atom is -0.225 e. The Morgan fingerprint density at radius 2 is 1.44 bits per heavy atom. The van der Waals surface area contributed by atoms with Gasteiger partial charge in [0.1, 0.15) is 9.79 Å². The highest BCUT2D eigenvalue weighted by Gasteiger charge is 2.25. The molecule has 8 heteroatoms. The second-order valence-corrected chi connectivity index (χ2v) is 6.93. The number of hydrogen-bond donors (Lipinski definition) is 1. The molecule has 0 aliphatic heterocycles. The maximum Gasteiger partial charge on any atom is 0.243 e. The van der Waals surface area contributed by atoms with Gasteiger partial charge in [-0.1, -0.05) is 12.1 Å². The summed E-state index contributed by atoms with van der Waals surface area (Å²) in [5.41, 5.74) is 0. The number of sulfonamides is 2. The van der Waals surface area contributed by atoms with E-state index in [0.717, 1.165) is 10.4 Å². The molecule has 16 heavy (non-hydrogen) atoms. The van der Waals surface area contributed by atoms with E-state index in [2.05, 4.69) is 0 Å². The third-order valence-electron chi connectivity index (χ3n) is 1.91. The van der Waals surface area contributed by atoms with Crippen LogP contribution in [-0.4, -0.2) is 35.2 Å². The van der Waals surface area contributed by atoms with Gasteiger partial charge in [0, 0.05) is 14.1 Å². The molecule has 0 fully saturated rings. The van der Waals surface area contributed by atoms with Crippen molar-refractivity contribution in [1.29, 1.82) is 0 Å². The number of nitrogens with two attached hydrogens (primary N) is 1. The molecule has 1 aromatic rings. The Kier molecular flexibility index (Phi) is 3.38. The summed E-state index contributed by atoms with van der Waals surface area (Å²) < 4.78 is 47.0. The van der Waals surface area contributed by atoms with E-state index in [0.29, 0.717) is 0 Å². The fourth-order valence-corrected chi connectivity index (χ4v) is 3.34. The van der Waals surface area contributed by atoms with E-state index in [-0.39, 0.29) is 4.90 Å². The summed E-state index contributed by atoms with van der Waals surface area (Å²) in [4.78, 5) is -0.716. The van der Waals surface area contributed by atoms with E-state index in [1.165, 1.54) is 32.3 Å². The Bertz CT molecular complexity index is 590. The lowest BCUT2D eigenvalue weighted by atomic mass is 10.4. The van der Waals surface area contributed by atoms with Crippen LogP contribution in [0.1, 0.15) is 0 Å². The Hall–Kier alpha value is -0.960. The van der Waals surface area contributed by atoms with Crippen molar-refractivity contribution in [3.63, 3.8) is 0 Å². The van der Waals surface area contributed by atoms with E-state index < -0.39 is 24.9 Å². The Morgan fingerprint density at radius 3 is 1.81 bits per heavy atom. The van der Waals surface area contributed by atoms with Gasteiger partial charge < -0.3 is 0 Å². The largest absolute Gasteiger partial charge is 0.243 e. The summed E-state index contributed by atoms with van der Waals surface area (Å²) in [6, 6.07) is 5.21. The van der Waals surface area contributed by atoms with E-state index in [9.17, 15) is 16.8 Å². The van der Waals surface area contributed by atoms with E-state index >= 15 is 0 Å². The van der Waals surface area contributed by atoms with Crippen LogP contribution >= 0.6 is 0 Å². The minimum absolute atomic E-state index is 0.317. The molecule has 0 bridgehead atoms. The van der Waals surface area contributed by atoms with Crippen LogP contribution in [0.3, 0.4) is 0 Å². The van der Waals surface area contributed by atoms with Crippen molar-refractivity contribution in [2.75, 3.05) is 14.1 Å². The van der Waals surface area contributed by atoms with Crippen molar-refractivity contribution in [2.24, 2.45) is 5.14 Å². The number of nitrogens with zero attached hydrogens (tertiary/aromatic N) is 1. The molecule has 0 aliphatic carbocycles. The van der Waals surface area contributed by atoms with Gasteiger partial charge in [0.2, 0.25) is 20.0 Å². The van der Waals surface area contributed by atoms with Crippen LogP contribution in [0.4, 0.5) is 0 Å². The van der Waals surface area contributed by atoms with Crippen LogP contribution in [0.5, 0.6) is 0 Å². The maximum absolute atomic E-state index is 11.8. The molecule has 0 heterocycles. The Labute approximate surface area is 94.8 Å². The highest BCUT2D eigenvalue weighted by Crippen LogP contribution is 2.21. The van der Waals surface area contributed by atoms with Crippen molar-refractivity contribution in [3.8, 4) is 0 Å². The molecule has 1 rings (SSSR count). The number of rotatable bonds is 3. The highest BCUT2D eigenvalue weighted by molar-refractivity contribution is 7.92. The summed E-state index contributed by atoms with van der Waals surface area (Å²) in [7, 11) is -5.24. The molecular weight excluding hydrogens is 252 g/mol. The highest BCUT2D eigenvalue weighted by atomic mass is 32.2. The molecule has 0 spiro atoms. The molecule has 0 amide bonds. The molecule has 0 radical (unpaired) electrons. The van der Waals surface area contributed by atoms with Gasteiger partial charge in [-0.05, 0) is 12.1 Å². The first-order valence-electron chi connectivity index (χ1n) is 4.21. The molecule has 0 atom stereocenters. The zero-order valence-electron chi connectivity index (χ0n) is 8.78. The third kappa shape index (κ3) is 2.40. The molecule has 6 nitrogen and oxygen atoms in total. The van der Waals surface area contributed by atoms with E-state index in [4.69, 9.17) is 5.14 Å². The van der Waals surface area contributed by atoms with Crippen LogP contribution in [0.15, 0.2) is 34.1 Å². The van der Waals surface area contributed by atoms with Gasteiger partial charge >= 0.3 is 0 Å². The third-order valence-corrected chi connectivity index (χ3v) is 4.89. The molecule has 0 unspecified atom stereocenters. The lowest BCUT2D eigenvalue weighted by molar-refractivity contribution is 0.517. The maximum atomic E-state index is 11.8. The van der Waals surface area contributed by atoms with Gasteiger partial charge in [0.25, 0.3) is 0 Å². The first-order chi connectivity index (χ1) is 7.17. The van der Waals surface area contributed by atoms with Crippen molar-refractivity contribution < 1.29 is 16.8 Å². The van der Waals surface area contributed by atoms with E-state index in [1.807, 2.05) is 0 Å². The number of hydrogen-bond acceptors (Lipinski definition) is 4. The second kappa shape index (κ2) is 4.13. The summed E-state index contributed by atoms with van der Waals surface area (Å²) in [6.45, 7) is 0. The molecule has 0 aromatic heterocycles. The predicted molar refractivity (Wildman–Crippen MR) is 58.7 cm³/mol. The fraction of sp³-hybridized carbons (Fsp3) is 0.250. The van der Waals surface area contributed by atoms with Gasteiger partial charge in [0.15, 0.2) is 0 Å². The van der Waals surface area contributed by atoms with Crippen LogP contribution in [0.25, 0.3) is 0 Å². The first kappa shape index (κ1) is 13.1. The van der Waals surface area contributed by atoms with Crippen molar-refractivity contribution in [2.45, 2.75) is 9.79 Å². The Balaban J connectivity index is 3.61. The molecule has 90 valence electrons. The lowest BCUT2D eigenvalue weighted by Gasteiger charge is -2.13. The molecule has 0 saturated heterocycles. The van der Waals surface area contributed by atoms with E-state index in [1.54, 1.807) is 0 Å². The zero-order valence-corrected chi connectivity index (χ0v) is 10.4. The van der Waals surface area contributed by atoms with Gasteiger partial charge in [-0.3, -0.25) is 0 Å². The average molecular weight is 264 g/mol. The van der Waals surface area contributed by atoms with Crippen LogP contribution < -0.4 is 5.14 Å². The van der Waals surface area contributed by atoms with Crippen LogP contribution in [-0.2, 0) is 20.0 Å². The molecule has 2 N–H and O–H groups in total. The monoisotopic (exact) mass is 264 g/mol. The zero-order chi connectivity index (χ0) is 12.6. The SMILES string of the molecule is CN(C)S(=O)(=O)c1ccccc1S(N)(=O)=O. The second-order valence-electron chi connectivity index (χ2n) is 3.28. The molecule has 0 aliphatic rings. The molecule has 1 aromatic carbocycles. The predicted octanol–water partition coefficient (Wildman–Crippen LogP) is -0.416. The number of benzene rings is 1. The molecular formula is C8H12N2O4S2. The minimum atomic E-state index is -4.06. The lowest BCUT2D eigenvalue weighted by Crippen LogP contribution is -2.25. The average Bonchev–Trinajstić information content (AvgIpc) is 2.16. The summed E-state index contributed by atoms with van der Waals surface area (Å²) >= 11 is 0. The Morgan fingerprint density at radius 1 is 1.00 bits per heavy atom. The first-order valence-corrected chi connectivity index (χ1v) is 7.20. The van der Waals surface area contributed by atoms with Gasteiger partial charge in [-0.25, -0.2) is 26.3 Å². The normalized spacial score (nSPS) is 13.0. The summed E-state index contributed by atoms with van der Waals surface area (Å²) in [6.07, 6.45) is 0. The molecule has 0 saturated carbocycles. The van der Waals surface area contributed by atoms with Crippen LogP contribution in [0.2, 0.25) is 0 Å². The number of primary sulfonamides is 1. The van der Waals surface area contributed by atoms with Crippen molar-refractivity contribution >= 4 is 20.0 Å².